The van der Waals surface area contributed by atoms with Gasteiger partial charge in [0.25, 0.3) is 0 Å². The van der Waals surface area contributed by atoms with Crippen molar-refractivity contribution in [3.05, 3.63) is 21.3 Å². The van der Waals surface area contributed by atoms with E-state index < -0.39 is 0 Å². The normalized spacial score (nSPS) is 16.9. The summed E-state index contributed by atoms with van der Waals surface area (Å²) in [5, 5.41) is 0. The molecule has 5 heteroatoms. The second-order valence-electron chi connectivity index (χ2n) is 5.80. The monoisotopic (exact) mass is 314 g/mol. The van der Waals surface area contributed by atoms with Gasteiger partial charge in [-0.1, -0.05) is 25.4 Å². The highest BCUT2D eigenvalue weighted by molar-refractivity contribution is 7.16. The Balaban J connectivity index is 1.73. The van der Waals surface area contributed by atoms with Crippen molar-refractivity contribution in [3.8, 4) is 0 Å². The molecule has 112 valence electrons. The fourth-order valence-corrected chi connectivity index (χ4v) is 3.51. The maximum absolute atomic E-state index is 12.1. The molecule has 0 saturated carbocycles. The number of hydrogen-bond acceptors (Lipinski definition) is 3. The quantitative estimate of drug-likeness (QED) is 0.830. The summed E-state index contributed by atoms with van der Waals surface area (Å²) in [6.45, 7) is 8.91. The topological polar surface area (TPSA) is 23.6 Å². The zero-order valence-corrected chi connectivity index (χ0v) is 13.8. The molecule has 1 saturated heterocycles. The fraction of sp³-hybridized carbons (Fsp3) is 0.667. The summed E-state index contributed by atoms with van der Waals surface area (Å²) in [6.07, 6.45) is 1.69. The van der Waals surface area contributed by atoms with E-state index in [-0.39, 0.29) is 0 Å². The van der Waals surface area contributed by atoms with E-state index in [1.807, 2.05) is 11.0 Å². The van der Waals surface area contributed by atoms with Crippen LogP contribution in [0.3, 0.4) is 0 Å². The van der Waals surface area contributed by atoms with Crippen molar-refractivity contribution in [2.75, 3.05) is 26.2 Å². The van der Waals surface area contributed by atoms with E-state index in [1.165, 1.54) is 4.88 Å². The van der Waals surface area contributed by atoms with Crippen molar-refractivity contribution in [1.29, 1.82) is 0 Å². The van der Waals surface area contributed by atoms with Crippen molar-refractivity contribution in [2.24, 2.45) is 5.92 Å². The number of rotatable bonds is 5. The first-order valence-corrected chi connectivity index (χ1v) is 8.48. The minimum atomic E-state index is 0.317. The molecular weight excluding hydrogens is 292 g/mol. The van der Waals surface area contributed by atoms with Crippen molar-refractivity contribution < 1.29 is 4.79 Å². The molecule has 1 aliphatic rings. The molecule has 2 rings (SSSR count). The Bertz CT molecular complexity index is 439. The Morgan fingerprint density at radius 3 is 2.55 bits per heavy atom. The van der Waals surface area contributed by atoms with Gasteiger partial charge in [0.2, 0.25) is 5.91 Å². The minimum absolute atomic E-state index is 0.317. The number of carbonyl (C=O) groups is 1. The average Bonchev–Trinajstić information content (AvgIpc) is 2.82. The summed E-state index contributed by atoms with van der Waals surface area (Å²) in [4.78, 5) is 17.8. The standard InChI is InChI=1S/C15H23ClN2OS/c1-12(2)3-6-15(19)18-9-7-17(8-10-18)11-13-4-5-14(16)20-13/h4-5,12H,3,6-11H2,1-2H3. The maximum Gasteiger partial charge on any atom is 0.222 e. The van der Waals surface area contributed by atoms with Crippen LogP contribution in [0.5, 0.6) is 0 Å². The summed E-state index contributed by atoms with van der Waals surface area (Å²) in [6, 6.07) is 4.04. The van der Waals surface area contributed by atoms with E-state index in [9.17, 15) is 4.79 Å². The van der Waals surface area contributed by atoms with E-state index in [4.69, 9.17) is 11.6 Å². The molecule has 0 spiro atoms. The van der Waals surface area contributed by atoms with Crippen LogP contribution in [0.4, 0.5) is 0 Å². The molecule has 0 aliphatic carbocycles. The van der Waals surface area contributed by atoms with Gasteiger partial charge in [0.05, 0.1) is 4.34 Å². The highest BCUT2D eigenvalue weighted by Crippen LogP contribution is 2.23. The molecule has 1 aliphatic heterocycles. The Morgan fingerprint density at radius 2 is 2.00 bits per heavy atom. The maximum atomic E-state index is 12.1. The molecule has 1 aromatic rings. The van der Waals surface area contributed by atoms with Gasteiger partial charge in [-0.25, -0.2) is 0 Å². The minimum Gasteiger partial charge on any atom is -0.340 e. The third-order valence-electron chi connectivity index (χ3n) is 3.67. The zero-order chi connectivity index (χ0) is 14.5. The number of amides is 1. The molecular formula is C15H23ClN2OS. The molecule has 20 heavy (non-hydrogen) atoms. The van der Waals surface area contributed by atoms with Gasteiger partial charge in [0.15, 0.2) is 0 Å². The van der Waals surface area contributed by atoms with Crippen molar-refractivity contribution in [3.63, 3.8) is 0 Å². The lowest BCUT2D eigenvalue weighted by Crippen LogP contribution is -2.48. The molecule has 0 bridgehead atoms. The van der Waals surface area contributed by atoms with Gasteiger partial charge in [0, 0.05) is 44.0 Å². The first-order valence-electron chi connectivity index (χ1n) is 7.29. The zero-order valence-electron chi connectivity index (χ0n) is 12.3. The molecule has 0 radical (unpaired) electrons. The summed E-state index contributed by atoms with van der Waals surface area (Å²) in [5.74, 6) is 0.918. The highest BCUT2D eigenvalue weighted by atomic mass is 35.5. The first-order chi connectivity index (χ1) is 9.54. The molecule has 3 nitrogen and oxygen atoms in total. The third-order valence-corrected chi connectivity index (χ3v) is 4.88. The smallest absolute Gasteiger partial charge is 0.222 e. The molecule has 0 N–H and O–H groups in total. The van der Waals surface area contributed by atoms with Crippen LogP contribution in [0.2, 0.25) is 4.34 Å². The number of thiophene rings is 1. The van der Waals surface area contributed by atoms with Crippen LogP contribution in [0.15, 0.2) is 12.1 Å². The number of piperazine rings is 1. The van der Waals surface area contributed by atoms with Crippen LogP contribution < -0.4 is 0 Å². The molecule has 0 unspecified atom stereocenters. The van der Waals surface area contributed by atoms with Gasteiger partial charge < -0.3 is 4.90 Å². The second-order valence-corrected chi connectivity index (χ2v) is 7.59. The lowest BCUT2D eigenvalue weighted by molar-refractivity contribution is -0.133. The Hall–Kier alpha value is -0.580. The van der Waals surface area contributed by atoms with Crippen molar-refractivity contribution in [1.82, 2.24) is 9.80 Å². The van der Waals surface area contributed by atoms with Gasteiger partial charge in [-0.05, 0) is 24.5 Å². The van der Waals surface area contributed by atoms with E-state index in [0.29, 0.717) is 18.2 Å². The largest absolute Gasteiger partial charge is 0.340 e. The Morgan fingerprint density at radius 1 is 1.30 bits per heavy atom. The molecule has 1 amide bonds. The summed E-state index contributed by atoms with van der Waals surface area (Å²) in [7, 11) is 0. The lowest BCUT2D eigenvalue weighted by atomic mass is 10.1. The van der Waals surface area contributed by atoms with Crippen LogP contribution in [-0.2, 0) is 11.3 Å². The third kappa shape index (κ3) is 4.76. The summed E-state index contributed by atoms with van der Waals surface area (Å²) in [5.41, 5.74) is 0. The number of halogens is 1. The average molecular weight is 315 g/mol. The van der Waals surface area contributed by atoms with E-state index in [2.05, 4.69) is 24.8 Å². The Kier molecular flexibility index (Phi) is 5.87. The van der Waals surface area contributed by atoms with Crippen LogP contribution in [0, 0.1) is 5.92 Å². The van der Waals surface area contributed by atoms with Crippen LogP contribution in [0.25, 0.3) is 0 Å². The van der Waals surface area contributed by atoms with Gasteiger partial charge in [-0.15, -0.1) is 11.3 Å². The van der Waals surface area contributed by atoms with Crippen LogP contribution in [0.1, 0.15) is 31.6 Å². The number of hydrogen-bond donors (Lipinski definition) is 0. The van der Waals surface area contributed by atoms with E-state index in [1.54, 1.807) is 11.3 Å². The Labute approximate surface area is 130 Å². The van der Waals surface area contributed by atoms with E-state index >= 15 is 0 Å². The summed E-state index contributed by atoms with van der Waals surface area (Å²) < 4.78 is 0.850. The predicted molar refractivity (Wildman–Crippen MR) is 85.3 cm³/mol. The van der Waals surface area contributed by atoms with Crippen LogP contribution in [-0.4, -0.2) is 41.9 Å². The molecule has 1 fully saturated rings. The predicted octanol–water partition coefficient (Wildman–Crippen LogP) is 3.48. The number of carbonyl (C=O) groups excluding carboxylic acids is 1. The first kappa shape index (κ1) is 15.8. The lowest BCUT2D eigenvalue weighted by Gasteiger charge is -2.34. The van der Waals surface area contributed by atoms with Gasteiger partial charge >= 0.3 is 0 Å². The second kappa shape index (κ2) is 7.43. The molecule has 2 heterocycles. The highest BCUT2D eigenvalue weighted by Gasteiger charge is 2.21. The number of nitrogens with zero attached hydrogens (tertiary/aromatic N) is 2. The van der Waals surface area contributed by atoms with Gasteiger partial charge in [-0.3, -0.25) is 9.69 Å². The molecule has 0 atom stereocenters. The van der Waals surface area contributed by atoms with Gasteiger partial charge in [0.1, 0.15) is 0 Å². The van der Waals surface area contributed by atoms with E-state index in [0.717, 1.165) is 43.5 Å². The fourth-order valence-electron chi connectivity index (χ4n) is 2.38. The van der Waals surface area contributed by atoms with Crippen molar-refractivity contribution >= 4 is 28.8 Å². The molecule has 1 aromatic heterocycles. The molecule has 0 aromatic carbocycles. The summed E-state index contributed by atoms with van der Waals surface area (Å²) >= 11 is 7.59. The SMILES string of the molecule is CC(C)CCC(=O)N1CCN(Cc2ccc(Cl)s2)CC1. The van der Waals surface area contributed by atoms with Gasteiger partial charge in [-0.2, -0.15) is 0 Å². The van der Waals surface area contributed by atoms with Crippen LogP contribution >= 0.6 is 22.9 Å². The van der Waals surface area contributed by atoms with Crippen molar-refractivity contribution in [2.45, 2.75) is 33.2 Å².